The van der Waals surface area contributed by atoms with Crippen LogP contribution in [0.2, 0.25) is 0 Å². The first-order valence-electron chi connectivity index (χ1n) is 6.87. The van der Waals surface area contributed by atoms with Gasteiger partial charge in [0.25, 0.3) is 0 Å². The summed E-state index contributed by atoms with van der Waals surface area (Å²) in [5.74, 6) is 0.428. The van der Waals surface area contributed by atoms with E-state index >= 15 is 0 Å². The molecular formula is C15H17N3O4. The van der Waals surface area contributed by atoms with E-state index in [1.54, 1.807) is 32.7 Å². The monoisotopic (exact) mass is 303 g/mol. The van der Waals surface area contributed by atoms with Crippen LogP contribution in [-0.2, 0) is 11.2 Å². The van der Waals surface area contributed by atoms with Crippen molar-refractivity contribution >= 4 is 5.97 Å². The molecule has 1 aromatic carbocycles. The van der Waals surface area contributed by atoms with Gasteiger partial charge in [0.15, 0.2) is 0 Å². The van der Waals surface area contributed by atoms with E-state index in [0.717, 1.165) is 17.0 Å². The predicted octanol–water partition coefficient (Wildman–Crippen LogP) is 1.12. The molecule has 0 saturated carbocycles. The van der Waals surface area contributed by atoms with Gasteiger partial charge in [-0.05, 0) is 18.2 Å². The molecule has 0 aliphatic carbocycles. The number of fused-ring (bicyclic) bond motifs is 1. The van der Waals surface area contributed by atoms with E-state index in [1.165, 1.54) is 0 Å². The van der Waals surface area contributed by atoms with E-state index in [2.05, 4.69) is 15.3 Å². The fraction of sp³-hybridized carbons (Fsp3) is 0.333. The molecule has 0 amide bonds. The summed E-state index contributed by atoms with van der Waals surface area (Å²) < 4.78 is 10.7. The third-order valence-electron chi connectivity index (χ3n) is 3.85. The van der Waals surface area contributed by atoms with Crippen molar-refractivity contribution in [3.8, 4) is 11.5 Å². The first-order chi connectivity index (χ1) is 10.6. The van der Waals surface area contributed by atoms with Crippen molar-refractivity contribution in [2.24, 2.45) is 0 Å². The van der Waals surface area contributed by atoms with Gasteiger partial charge in [-0.3, -0.25) is 10.1 Å². The van der Waals surface area contributed by atoms with Crippen LogP contribution in [0.5, 0.6) is 11.5 Å². The Morgan fingerprint density at radius 2 is 2.18 bits per heavy atom. The van der Waals surface area contributed by atoms with E-state index in [1.807, 2.05) is 6.07 Å². The maximum absolute atomic E-state index is 11.4. The lowest BCUT2D eigenvalue weighted by molar-refractivity contribution is -0.139. The van der Waals surface area contributed by atoms with Gasteiger partial charge in [-0.1, -0.05) is 0 Å². The fourth-order valence-corrected chi connectivity index (χ4v) is 2.75. The molecule has 2 heterocycles. The number of rotatable bonds is 4. The molecule has 2 aromatic rings. The van der Waals surface area contributed by atoms with Crippen molar-refractivity contribution in [2.45, 2.75) is 18.5 Å². The predicted molar refractivity (Wildman–Crippen MR) is 78.2 cm³/mol. The minimum Gasteiger partial charge on any atom is -0.497 e. The van der Waals surface area contributed by atoms with Crippen LogP contribution < -0.4 is 14.8 Å². The number of imidazole rings is 1. The van der Waals surface area contributed by atoms with E-state index in [4.69, 9.17) is 9.47 Å². The lowest BCUT2D eigenvalue weighted by Crippen LogP contribution is -2.45. The highest BCUT2D eigenvalue weighted by Crippen LogP contribution is 2.36. The standard InChI is InChI=1S/C15H17N3O4/c1-21-8-3-4-12(22-2)9(5-8)13-14-10(16-7-17-14)6-11(18-13)15(19)20/h3-5,7,11,13,18H,6H2,1-2H3,(H,16,17)(H,19,20)/t11-,13-/m0/s1. The fourth-order valence-electron chi connectivity index (χ4n) is 2.75. The molecule has 0 unspecified atom stereocenters. The Labute approximate surface area is 127 Å². The summed E-state index contributed by atoms with van der Waals surface area (Å²) in [6.07, 6.45) is 1.95. The van der Waals surface area contributed by atoms with E-state index < -0.39 is 12.0 Å². The summed E-state index contributed by atoms with van der Waals surface area (Å²) >= 11 is 0. The Balaban J connectivity index is 2.09. The lowest BCUT2D eigenvalue weighted by Gasteiger charge is -2.29. The topological polar surface area (TPSA) is 96.5 Å². The van der Waals surface area contributed by atoms with Gasteiger partial charge in [-0.2, -0.15) is 0 Å². The summed E-state index contributed by atoms with van der Waals surface area (Å²) in [6, 6.07) is 4.37. The Hall–Kier alpha value is -2.54. The van der Waals surface area contributed by atoms with E-state index in [9.17, 15) is 9.90 Å². The van der Waals surface area contributed by atoms with Gasteiger partial charge in [0.05, 0.1) is 32.3 Å². The lowest BCUT2D eigenvalue weighted by atomic mass is 9.93. The molecule has 0 saturated heterocycles. The molecule has 7 nitrogen and oxygen atoms in total. The number of aliphatic carboxylic acids is 1. The number of carboxylic acid groups (broad SMARTS) is 1. The molecule has 3 rings (SSSR count). The molecule has 22 heavy (non-hydrogen) atoms. The molecule has 1 aliphatic rings. The van der Waals surface area contributed by atoms with Crippen molar-refractivity contribution in [1.82, 2.24) is 15.3 Å². The Bertz CT molecular complexity index is 698. The molecule has 116 valence electrons. The summed E-state index contributed by atoms with van der Waals surface area (Å²) in [5.41, 5.74) is 2.39. The average Bonchev–Trinajstić information content (AvgIpc) is 3.01. The van der Waals surface area contributed by atoms with Crippen LogP contribution >= 0.6 is 0 Å². The number of H-pyrrole nitrogens is 1. The zero-order chi connectivity index (χ0) is 15.7. The Morgan fingerprint density at radius 1 is 1.36 bits per heavy atom. The second kappa shape index (κ2) is 5.69. The summed E-state index contributed by atoms with van der Waals surface area (Å²) in [4.78, 5) is 18.7. The first kappa shape index (κ1) is 14.4. The van der Waals surface area contributed by atoms with Crippen LogP contribution in [0.4, 0.5) is 0 Å². The number of methoxy groups -OCH3 is 2. The SMILES string of the molecule is COc1ccc(OC)c([C@@H]2N[C@H](C(=O)O)Cc3[nH]cnc32)c1. The van der Waals surface area contributed by atoms with Crippen LogP contribution in [0.15, 0.2) is 24.5 Å². The molecular weight excluding hydrogens is 286 g/mol. The van der Waals surface area contributed by atoms with Crippen molar-refractivity contribution in [3.63, 3.8) is 0 Å². The summed E-state index contributed by atoms with van der Waals surface area (Å²) in [5, 5.41) is 12.5. The number of benzene rings is 1. The zero-order valence-corrected chi connectivity index (χ0v) is 12.3. The minimum absolute atomic E-state index is 0.369. The molecule has 1 aromatic heterocycles. The summed E-state index contributed by atoms with van der Waals surface area (Å²) in [6.45, 7) is 0. The van der Waals surface area contributed by atoms with Crippen LogP contribution in [0, 0.1) is 0 Å². The van der Waals surface area contributed by atoms with Crippen LogP contribution in [0.3, 0.4) is 0 Å². The molecule has 0 radical (unpaired) electrons. The van der Waals surface area contributed by atoms with E-state index in [-0.39, 0.29) is 6.04 Å². The molecule has 0 bridgehead atoms. The first-order valence-corrected chi connectivity index (χ1v) is 6.87. The number of aromatic nitrogens is 2. The number of nitrogens with one attached hydrogen (secondary N) is 2. The van der Waals surface area contributed by atoms with Gasteiger partial charge in [-0.25, -0.2) is 4.98 Å². The number of hydrogen-bond acceptors (Lipinski definition) is 5. The maximum Gasteiger partial charge on any atom is 0.321 e. The van der Waals surface area contributed by atoms with Gasteiger partial charge >= 0.3 is 5.97 Å². The largest absolute Gasteiger partial charge is 0.497 e. The number of carboxylic acids is 1. The highest BCUT2D eigenvalue weighted by molar-refractivity contribution is 5.74. The molecule has 3 N–H and O–H groups in total. The van der Waals surface area contributed by atoms with Gasteiger partial charge in [-0.15, -0.1) is 0 Å². The number of ether oxygens (including phenoxy) is 2. The maximum atomic E-state index is 11.4. The van der Waals surface area contributed by atoms with Crippen molar-refractivity contribution < 1.29 is 19.4 Å². The molecule has 0 spiro atoms. The quantitative estimate of drug-likeness (QED) is 0.783. The van der Waals surface area contributed by atoms with Crippen LogP contribution in [0.25, 0.3) is 0 Å². The number of nitrogens with zero attached hydrogens (tertiary/aromatic N) is 1. The summed E-state index contributed by atoms with van der Waals surface area (Å²) in [7, 11) is 3.16. The second-order valence-electron chi connectivity index (χ2n) is 5.07. The van der Waals surface area contributed by atoms with Crippen LogP contribution in [0.1, 0.15) is 23.0 Å². The van der Waals surface area contributed by atoms with E-state index in [0.29, 0.717) is 17.9 Å². The smallest absolute Gasteiger partial charge is 0.321 e. The van der Waals surface area contributed by atoms with Gasteiger partial charge in [0.2, 0.25) is 0 Å². The number of hydrogen-bond donors (Lipinski definition) is 3. The van der Waals surface area contributed by atoms with Crippen molar-refractivity contribution in [3.05, 3.63) is 41.5 Å². The highest BCUT2D eigenvalue weighted by Gasteiger charge is 2.34. The molecule has 7 heteroatoms. The second-order valence-corrected chi connectivity index (χ2v) is 5.07. The molecule has 0 fully saturated rings. The van der Waals surface area contributed by atoms with Gasteiger partial charge in [0.1, 0.15) is 17.5 Å². The number of aromatic amines is 1. The zero-order valence-electron chi connectivity index (χ0n) is 12.3. The normalized spacial score (nSPS) is 20.3. The molecule has 1 aliphatic heterocycles. The van der Waals surface area contributed by atoms with Gasteiger partial charge < -0.3 is 19.6 Å². The highest BCUT2D eigenvalue weighted by atomic mass is 16.5. The average molecular weight is 303 g/mol. The Morgan fingerprint density at radius 3 is 2.86 bits per heavy atom. The third kappa shape index (κ3) is 2.39. The third-order valence-corrected chi connectivity index (χ3v) is 3.85. The number of carbonyl (C=O) groups is 1. The molecule has 2 atom stereocenters. The van der Waals surface area contributed by atoms with Crippen molar-refractivity contribution in [2.75, 3.05) is 14.2 Å². The van der Waals surface area contributed by atoms with Crippen molar-refractivity contribution in [1.29, 1.82) is 0 Å². The Kier molecular flexibility index (Phi) is 3.72. The minimum atomic E-state index is -0.896. The van der Waals surface area contributed by atoms with Gasteiger partial charge in [0, 0.05) is 17.7 Å². The van der Waals surface area contributed by atoms with Crippen LogP contribution in [-0.4, -0.2) is 41.3 Å².